The number of fused-ring (bicyclic) bond motifs is 10. The number of nitrogens with zero attached hydrogens (tertiary/aromatic N) is 1. The molecule has 0 aliphatic heterocycles. The van der Waals surface area contributed by atoms with Crippen LogP contribution >= 0.6 is 0 Å². The molecule has 2 heteroatoms. The van der Waals surface area contributed by atoms with Crippen molar-refractivity contribution in [1.29, 1.82) is 0 Å². The van der Waals surface area contributed by atoms with E-state index in [9.17, 15) is 0 Å². The van der Waals surface area contributed by atoms with Crippen molar-refractivity contribution >= 4 is 54.4 Å². The quantitative estimate of drug-likeness (QED) is 0.242. The minimum Gasteiger partial charge on any atom is -0.354 e. The molecular weight excluding hydrogens is 448 g/mol. The summed E-state index contributed by atoms with van der Waals surface area (Å²) in [7, 11) is 0. The third-order valence-corrected chi connectivity index (χ3v) is 8.89. The van der Waals surface area contributed by atoms with E-state index in [0.29, 0.717) is 0 Å². The van der Waals surface area contributed by atoms with Crippen LogP contribution in [-0.4, -0.2) is 9.55 Å². The normalized spacial score (nSPS) is 16.4. The fourth-order valence-corrected chi connectivity index (χ4v) is 7.59. The van der Waals surface area contributed by atoms with Crippen LogP contribution in [0.15, 0.2) is 91.0 Å². The Morgan fingerprint density at radius 3 is 2.24 bits per heavy atom. The molecule has 180 valence electrons. The van der Waals surface area contributed by atoms with E-state index in [0.717, 1.165) is 0 Å². The lowest BCUT2D eigenvalue weighted by atomic mass is 9.82. The molecule has 1 aliphatic rings. The van der Waals surface area contributed by atoms with E-state index in [1.165, 1.54) is 77.6 Å². The van der Waals surface area contributed by atoms with Crippen LogP contribution in [0.3, 0.4) is 0 Å². The number of H-pyrrole nitrogens is 1. The van der Waals surface area contributed by atoms with Gasteiger partial charge in [-0.15, -0.1) is 0 Å². The van der Waals surface area contributed by atoms with Gasteiger partial charge in [-0.3, -0.25) is 0 Å². The highest BCUT2D eigenvalue weighted by molar-refractivity contribution is 6.30. The minimum atomic E-state index is 0.153. The van der Waals surface area contributed by atoms with Gasteiger partial charge in [0.1, 0.15) is 0 Å². The number of benzene rings is 5. The molecule has 0 amide bonds. The molecule has 2 nitrogen and oxygen atoms in total. The van der Waals surface area contributed by atoms with E-state index in [-0.39, 0.29) is 10.8 Å². The number of hydrogen-bond donors (Lipinski definition) is 1. The van der Waals surface area contributed by atoms with Crippen molar-refractivity contribution in [2.24, 2.45) is 0 Å². The van der Waals surface area contributed by atoms with Gasteiger partial charge in [0.05, 0.1) is 11.0 Å². The van der Waals surface area contributed by atoms with E-state index in [1.54, 1.807) is 0 Å². The van der Waals surface area contributed by atoms with E-state index in [4.69, 9.17) is 0 Å². The van der Waals surface area contributed by atoms with Crippen molar-refractivity contribution < 1.29 is 0 Å². The Morgan fingerprint density at radius 2 is 1.38 bits per heavy atom. The second-order valence-electron chi connectivity index (χ2n) is 12.2. The molecule has 1 N–H and O–H groups in total. The van der Waals surface area contributed by atoms with Gasteiger partial charge in [0, 0.05) is 43.7 Å². The summed E-state index contributed by atoms with van der Waals surface area (Å²) in [5, 5.41) is 7.81. The first-order chi connectivity index (χ1) is 17.8. The SMILES string of the molecule is CC1(C)CC(C)(C)c2cc(-n3c4ccc5[nH]c6ccccc6c5c4c4ccc5ccccc5c43)ccc21. The summed E-state index contributed by atoms with van der Waals surface area (Å²) in [5.74, 6) is 0. The Kier molecular flexibility index (Phi) is 3.89. The summed E-state index contributed by atoms with van der Waals surface area (Å²) in [5.41, 5.74) is 9.51. The van der Waals surface area contributed by atoms with Crippen LogP contribution in [0.5, 0.6) is 0 Å². The van der Waals surface area contributed by atoms with Gasteiger partial charge >= 0.3 is 0 Å². The average Bonchev–Trinajstić information content (AvgIpc) is 3.48. The summed E-state index contributed by atoms with van der Waals surface area (Å²) in [4.78, 5) is 3.67. The predicted molar refractivity (Wildman–Crippen MR) is 158 cm³/mol. The average molecular weight is 479 g/mol. The van der Waals surface area contributed by atoms with E-state index >= 15 is 0 Å². The summed E-state index contributed by atoms with van der Waals surface area (Å²) in [6, 6.07) is 33.9. The molecule has 0 radical (unpaired) electrons. The molecule has 0 spiro atoms. The maximum Gasteiger partial charge on any atom is 0.0619 e. The number of aromatic amines is 1. The Balaban J connectivity index is 1.59. The van der Waals surface area contributed by atoms with Gasteiger partial charge in [-0.05, 0) is 64.1 Å². The second-order valence-corrected chi connectivity index (χ2v) is 12.2. The third-order valence-electron chi connectivity index (χ3n) is 8.89. The smallest absolute Gasteiger partial charge is 0.0619 e. The van der Waals surface area contributed by atoms with Crippen LogP contribution in [0, 0.1) is 0 Å². The summed E-state index contributed by atoms with van der Waals surface area (Å²) in [6.07, 6.45) is 1.17. The lowest BCUT2D eigenvalue weighted by Gasteiger charge is -2.22. The number of hydrogen-bond acceptors (Lipinski definition) is 0. The number of nitrogens with one attached hydrogen (secondary N) is 1. The molecule has 7 aromatic rings. The van der Waals surface area contributed by atoms with Gasteiger partial charge in [0.15, 0.2) is 0 Å². The molecule has 0 saturated carbocycles. The number of rotatable bonds is 1. The largest absolute Gasteiger partial charge is 0.354 e. The molecular formula is C35H30N2. The Bertz CT molecular complexity index is 2060. The molecule has 2 aromatic heterocycles. The highest BCUT2D eigenvalue weighted by atomic mass is 15.0. The summed E-state index contributed by atoms with van der Waals surface area (Å²) >= 11 is 0. The second kappa shape index (κ2) is 6.83. The summed E-state index contributed by atoms with van der Waals surface area (Å²) in [6.45, 7) is 9.59. The molecule has 0 bridgehead atoms. The lowest BCUT2D eigenvalue weighted by Crippen LogP contribution is -2.18. The summed E-state index contributed by atoms with van der Waals surface area (Å²) < 4.78 is 2.52. The number of aromatic nitrogens is 2. The van der Waals surface area contributed by atoms with Crippen LogP contribution < -0.4 is 0 Å². The first kappa shape index (κ1) is 21.1. The number of para-hydroxylation sites is 1. The van der Waals surface area contributed by atoms with Crippen LogP contribution in [0.4, 0.5) is 0 Å². The predicted octanol–water partition coefficient (Wildman–Crippen LogP) is 9.53. The van der Waals surface area contributed by atoms with Crippen LogP contribution in [0.25, 0.3) is 60.1 Å². The van der Waals surface area contributed by atoms with Crippen molar-refractivity contribution in [2.45, 2.75) is 44.9 Å². The third kappa shape index (κ3) is 2.71. The Hall–Kier alpha value is -4.04. The molecule has 37 heavy (non-hydrogen) atoms. The first-order valence-corrected chi connectivity index (χ1v) is 13.3. The van der Waals surface area contributed by atoms with Gasteiger partial charge in [-0.25, -0.2) is 0 Å². The van der Waals surface area contributed by atoms with Crippen LogP contribution in [0.1, 0.15) is 45.2 Å². The van der Waals surface area contributed by atoms with Crippen LogP contribution in [0.2, 0.25) is 0 Å². The van der Waals surface area contributed by atoms with E-state index in [1.807, 2.05) is 0 Å². The van der Waals surface area contributed by atoms with E-state index in [2.05, 4.69) is 128 Å². The van der Waals surface area contributed by atoms with Crippen molar-refractivity contribution in [2.75, 3.05) is 0 Å². The van der Waals surface area contributed by atoms with Gasteiger partial charge in [0.2, 0.25) is 0 Å². The van der Waals surface area contributed by atoms with Crippen molar-refractivity contribution in [1.82, 2.24) is 9.55 Å². The zero-order valence-corrected chi connectivity index (χ0v) is 21.8. The van der Waals surface area contributed by atoms with Crippen molar-refractivity contribution in [3.63, 3.8) is 0 Å². The van der Waals surface area contributed by atoms with Gasteiger partial charge in [-0.1, -0.05) is 88.4 Å². The highest BCUT2D eigenvalue weighted by Crippen LogP contribution is 2.50. The molecule has 0 saturated heterocycles. The Labute approximate surface area is 216 Å². The molecule has 0 fully saturated rings. The molecule has 5 aromatic carbocycles. The minimum absolute atomic E-state index is 0.153. The zero-order valence-electron chi connectivity index (χ0n) is 21.8. The molecule has 0 atom stereocenters. The maximum atomic E-state index is 3.67. The topological polar surface area (TPSA) is 20.7 Å². The lowest BCUT2D eigenvalue weighted by molar-refractivity contribution is 0.403. The standard InChI is InChI=1S/C35H30N2/c1-34(2)20-35(3,4)27-19-22(14-16-26(27)34)37-30-18-17-29-31(24-11-7-8-12-28(24)36-29)32(30)25-15-13-21-9-5-6-10-23(21)33(25)37/h5-19,36H,20H2,1-4H3. The molecule has 2 heterocycles. The maximum absolute atomic E-state index is 3.67. The van der Waals surface area contributed by atoms with E-state index < -0.39 is 0 Å². The van der Waals surface area contributed by atoms with Gasteiger partial charge in [0.25, 0.3) is 0 Å². The monoisotopic (exact) mass is 478 g/mol. The van der Waals surface area contributed by atoms with Gasteiger partial charge in [-0.2, -0.15) is 0 Å². The fraction of sp³-hybridized carbons (Fsp3) is 0.200. The Morgan fingerprint density at radius 1 is 0.622 bits per heavy atom. The fourth-order valence-electron chi connectivity index (χ4n) is 7.59. The van der Waals surface area contributed by atoms with Crippen LogP contribution in [-0.2, 0) is 10.8 Å². The highest BCUT2D eigenvalue weighted by Gasteiger charge is 2.41. The van der Waals surface area contributed by atoms with Crippen molar-refractivity contribution in [3.8, 4) is 5.69 Å². The molecule has 0 unspecified atom stereocenters. The van der Waals surface area contributed by atoms with Gasteiger partial charge < -0.3 is 9.55 Å². The molecule has 1 aliphatic carbocycles. The molecule has 8 rings (SSSR count). The first-order valence-electron chi connectivity index (χ1n) is 13.3. The zero-order chi connectivity index (χ0) is 25.1. The van der Waals surface area contributed by atoms with Crippen molar-refractivity contribution in [3.05, 3.63) is 102 Å².